The molecule has 0 unspecified atom stereocenters. The summed E-state index contributed by atoms with van der Waals surface area (Å²) in [4.78, 5) is 26.9. The van der Waals surface area contributed by atoms with E-state index in [4.69, 9.17) is 0 Å². The smallest absolute Gasteiger partial charge is 0.239 e. The average Bonchev–Trinajstić information content (AvgIpc) is 2.90. The van der Waals surface area contributed by atoms with Gasteiger partial charge in [-0.25, -0.2) is 4.98 Å². The maximum atomic E-state index is 11.3. The fraction of sp³-hybridized carbons (Fsp3) is 0.455. The number of likely N-dealkylation sites (N-methyl/N-ethyl adjacent to an activating group) is 1. The van der Waals surface area contributed by atoms with Crippen LogP contribution in [0.1, 0.15) is 13.3 Å². The molecule has 2 heterocycles. The fourth-order valence-electron chi connectivity index (χ4n) is 1.53. The number of hydrogen-bond acceptors (Lipinski definition) is 6. The van der Waals surface area contributed by atoms with E-state index in [2.05, 4.69) is 42.8 Å². The number of imidazole rings is 1. The molecule has 0 saturated carbocycles. The molecule has 1 amide bonds. The molecule has 102 valence electrons. The van der Waals surface area contributed by atoms with Crippen molar-refractivity contribution in [2.75, 3.05) is 30.8 Å². The SMILES string of the molecule is CCCNc1nc(NCC(=O)NC)c2[nH]cnc2n1. The molecular formula is C11H17N7O. The van der Waals surface area contributed by atoms with Crippen LogP contribution in [0.4, 0.5) is 11.8 Å². The molecule has 0 aromatic carbocycles. The number of fused-ring (bicyclic) bond motifs is 1. The highest BCUT2D eigenvalue weighted by atomic mass is 16.1. The summed E-state index contributed by atoms with van der Waals surface area (Å²) >= 11 is 0. The summed E-state index contributed by atoms with van der Waals surface area (Å²) in [6.07, 6.45) is 2.52. The Hall–Kier alpha value is -2.38. The Morgan fingerprint density at radius 1 is 1.37 bits per heavy atom. The summed E-state index contributed by atoms with van der Waals surface area (Å²) in [5.41, 5.74) is 1.25. The molecule has 0 aliphatic carbocycles. The van der Waals surface area contributed by atoms with Crippen LogP contribution in [0.15, 0.2) is 6.33 Å². The van der Waals surface area contributed by atoms with Crippen molar-refractivity contribution >= 4 is 28.8 Å². The van der Waals surface area contributed by atoms with Crippen molar-refractivity contribution in [3.63, 3.8) is 0 Å². The predicted octanol–water partition coefficient (Wildman–Crippen LogP) is 0.333. The van der Waals surface area contributed by atoms with E-state index in [1.165, 1.54) is 0 Å². The third-order valence-corrected chi connectivity index (χ3v) is 2.51. The van der Waals surface area contributed by atoms with Gasteiger partial charge in [-0.1, -0.05) is 6.92 Å². The van der Waals surface area contributed by atoms with Gasteiger partial charge >= 0.3 is 0 Å². The number of rotatable bonds is 6. The molecule has 0 aliphatic rings. The van der Waals surface area contributed by atoms with E-state index in [0.29, 0.717) is 22.9 Å². The molecule has 8 heteroatoms. The Labute approximate surface area is 110 Å². The lowest BCUT2D eigenvalue weighted by Crippen LogP contribution is -2.26. The van der Waals surface area contributed by atoms with Crippen molar-refractivity contribution in [3.8, 4) is 0 Å². The second-order valence-corrected chi connectivity index (χ2v) is 3.95. The zero-order valence-electron chi connectivity index (χ0n) is 10.9. The van der Waals surface area contributed by atoms with Crippen LogP contribution in [0.25, 0.3) is 11.2 Å². The van der Waals surface area contributed by atoms with E-state index < -0.39 is 0 Å². The van der Waals surface area contributed by atoms with E-state index >= 15 is 0 Å². The standard InChI is InChI=1S/C11H17N7O/c1-3-4-13-11-17-9(14-5-7(19)12-2)8-10(18-11)16-6-15-8/h6H,3-5H2,1-2H3,(H,12,19)(H3,13,14,15,16,17,18). The number of hydrogen-bond donors (Lipinski definition) is 4. The van der Waals surface area contributed by atoms with Crippen LogP contribution in [0.5, 0.6) is 0 Å². The Morgan fingerprint density at radius 2 is 2.21 bits per heavy atom. The number of aromatic nitrogens is 4. The first kappa shape index (κ1) is 13.1. The number of nitrogens with one attached hydrogen (secondary N) is 4. The van der Waals surface area contributed by atoms with E-state index in [1.807, 2.05) is 0 Å². The number of aromatic amines is 1. The molecule has 4 N–H and O–H groups in total. The summed E-state index contributed by atoms with van der Waals surface area (Å²) in [6, 6.07) is 0. The van der Waals surface area contributed by atoms with Gasteiger partial charge in [0.2, 0.25) is 11.9 Å². The van der Waals surface area contributed by atoms with Gasteiger partial charge in [0, 0.05) is 13.6 Å². The monoisotopic (exact) mass is 263 g/mol. The molecule has 0 atom stereocenters. The van der Waals surface area contributed by atoms with Crippen molar-refractivity contribution in [2.45, 2.75) is 13.3 Å². The number of carbonyl (C=O) groups excluding carboxylic acids is 1. The number of amides is 1. The largest absolute Gasteiger partial charge is 0.359 e. The van der Waals surface area contributed by atoms with Crippen LogP contribution in [0.2, 0.25) is 0 Å². The van der Waals surface area contributed by atoms with Gasteiger partial charge < -0.3 is 20.9 Å². The molecule has 0 bridgehead atoms. The van der Waals surface area contributed by atoms with Crippen LogP contribution in [0, 0.1) is 0 Å². The maximum absolute atomic E-state index is 11.3. The van der Waals surface area contributed by atoms with Crippen molar-refractivity contribution in [1.29, 1.82) is 0 Å². The Kier molecular flexibility index (Phi) is 4.11. The lowest BCUT2D eigenvalue weighted by atomic mass is 10.4. The fourth-order valence-corrected chi connectivity index (χ4v) is 1.53. The zero-order valence-corrected chi connectivity index (χ0v) is 10.9. The summed E-state index contributed by atoms with van der Waals surface area (Å²) < 4.78 is 0. The van der Waals surface area contributed by atoms with Crippen LogP contribution >= 0.6 is 0 Å². The van der Waals surface area contributed by atoms with E-state index in [9.17, 15) is 4.79 Å². The van der Waals surface area contributed by atoms with Crippen LogP contribution in [-0.4, -0.2) is 46.0 Å². The summed E-state index contributed by atoms with van der Waals surface area (Å²) in [5.74, 6) is 0.944. The highest BCUT2D eigenvalue weighted by Crippen LogP contribution is 2.18. The molecular weight excluding hydrogens is 246 g/mol. The molecule has 2 rings (SSSR count). The minimum absolute atomic E-state index is 0.116. The van der Waals surface area contributed by atoms with Gasteiger partial charge in [-0.2, -0.15) is 9.97 Å². The van der Waals surface area contributed by atoms with Gasteiger partial charge in [0.15, 0.2) is 11.5 Å². The second-order valence-electron chi connectivity index (χ2n) is 3.95. The molecule has 0 spiro atoms. The summed E-state index contributed by atoms with van der Waals surface area (Å²) in [7, 11) is 1.59. The molecule has 2 aromatic heterocycles. The van der Waals surface area contributed by atoms with Gasteiger partial charge in [-0.15, -0.1) is 0 Å². The molecule has 19 heavy (non-hydrogen) atoms. The lowest BCUT2D eigenvalue weighted by Gasteiger charge is -2.08. The molecule has 0 radical (unpaired) electrons. The lowest BCUT2D eigenvalue weighted by molar-refractivity contribution is -0.118. The third kappa shape index (κ3) is 3.09. The molecule has 0 fully saturated rings. The van der Waals surface area contributed by atoms with E-state index in [-0.39, 0.29) is 12.5 Å². The van der Waals surface area contributed by atoms with Crippen molar-refractivity contribution in [2.24, 2.45) is 0 Å². The topological polar surface area (TPSA) is 108 Å². The van der Waals surface area contributed by atoms with Gasteiger partial charge in [-0.05, 0) is 6.42 Å². The van der Waals surface area contributed by atoms with Crippen molar-refractivity contribution in [1.82, 2.24) is 25.3 Å². The highest BCUT2D eigenvalue weighted by Gasteiger charge is 2.10. The van der Waals surface area contributed by atoms with Crippen LogP contribution < -0.4 is 16.0 Å². The molecule has 0 aliphatic heterocycles. The van der Waals surface area contributed by atoms with Crippen molar-refractivity contribution < 1.29 is 4.79 Å². The Morgan fingerprint density at radius 3 is 2.95 bits per heavy atom. The number of nitrogens with zero attached hydrogens (tertiary/aromatic N) is 3. The number of carbonyl (C=O) groups is 1. The first-order valence-electron chi connectivity index (χ1n) is 6.14. The minimum Gasteiger partial charge on any atom is -0.359 e. The number of anilines is 2. The van der Waals surface area contributed by atoms with E-state index in [0.717, 1.165) is 13.0 Å². The predicted molar refractivity (Wildman–Crippen MR) is 73.0 cm³/mol. The Bertz CT molecular complexity index is 565. The van der Waals surface area contributed by atoms with Gasteiger partial charge in [0.1, 0.15) is 5.52 Å². The highest BCUT2D eigenvalue weighted by molar-refractivity contribution is 5.87. The molecule has 0 saturated heterocycles. The first-order valence-corrected chi connectivity index (χ1v) is 6.14. The summed E-state index contributed by atoms with van der Waals surface area (Å²) in [6.45, 7) is 2.99. The Balaban J connectivity index is 2.23. The van der Waals surface area contributed by atoms with Crippen LogP contribution in [-0.2, 0) is 4.79 Å². The summed E-state index contributed by atoms with van der Waals surface area (Å²) in [5, 5.41) is 8.61. The first-order chi connectivity index (χ1) is 9.24. The van der Waals surface area contributed by atoms with Gasteiger partial charge in [0.05, 0.1) is 12.9 Å². The van der Waals surface area contributed by atoms with Gasteiger partial charge in [-0.3, -0.25) is 4.79 Å². The number of H-pyrrole nitrogens is 1. The second kappa shape index (κ2) is 5.98. The maximum Gasteiger partial charge on any atom is 0.239 e. The quantitative estimate of drug-likeness (QED) is 0.598. The third-order valence-electron chi connectivity index (χ3n) is 2.51. The van der Waals surface area contributed by atoms with E-state index in [1.54, 1.807) is 13.4 Å². The minimum atomic E-state index is -0.116. The van der Waals surface area contributed by atoms with Crippen LogP contribution in [0.3, 0.4) is 0 Å². The zero-order chi connectivity index (χ0) is 13.7. The molecule has 2 aromatic rings. The van der Waals surface area contributed by atoms with Crippen molar-refractivity contribution in [3.05, 3.63) is 6.33 Å². The average molecular weight is 263 g/mol. The van der Waals surface area contributed by atoms with Gasteiger partial charge in [0.25, 0.3) is 0 Å². The molecule has 8 nitrogen and oxygen atoms in total. The normalized spacial score (nSPS) is 10.4.